The maximum atomic E-state index is 13.6. The molecule has 0 spiro atoms. The van der Waals surface area contributed by atoms with Gasteiger partial charge in [0.05, 0.1) is 11.4 Å². The molecule has 0 heterocycles. The first-order valence-corrected chi connectivity index (χ1v) is 10.1. The zero-order valence-corrected chi connectivity index (χ0v) is 17.2. The summed E-state index contributed by atoms with van der Waals surface area (Å²) in [7, 11) is 1.34. The minimum Gasteiger partial charge on any atom is -0.480 e. The van der Waals surface area contributed by atoms with Crippen LogP contribution in [-0.4, -0.2) is 37.4 Å². The molecule has 2 amide bonds. The van der Waals surface area contributed by atoms with Crippen LogP contribution < -0.4 is 10.2 Å². The summed E-state index contributed by atoms with van der Waals surface area (Å²) in [6, 6.07) is 15.3. The SMILES string of the molecule is COCC(=O)O.O=C(NCC1CCCCC1)N(c1ccccc1)c1cccc(F)c1. The Hall–Kier alpha value is -2.93. The van der Waals surface area contributed by atoms with E-state index in [1.54, 1.807) is 12.1 Å². The number of hydrogen-bond donors (Lipinski definition) is 2. The Labute approximate surface area is 176 Å². The van der Waals surface area contributed by atoms with Gasteiger partial charge in [-0.2, -0.15) is 0 Å². The van der Waals surface area contributed by atoms with Gasteiger partial charge in [0.2, 0.25) is 0 Å². The molecule has 2 N–H and O–H groups in total. The fraction of sp³-hybridized carbons (Fsp3) is 0.391. The molecule has 0 unspecified atom stereocenters. The van der Waals surface area contributed by atoms with Crippen molar-refractivity contribution in [2.24, 2.45) is 5.92 Å². The molecule has 0 radical (unpaired) electrons. The summed E-state index contributed by atoms with van der Waals surface area (Å²) in [5, 5.41) is 10.8. The van der Waals surface area contributed by atoms with E-state index in [2.05, 4.69) is 10.1 Å². The first-order valence-electron chi connectivity index (χ1n) is 10.1. The largest absolute Gasteiger partial charge is 0.480 e. The van der Waals surface area contributed by atoms with Gasteiger partial charge in [-0.05, 0) is 49.1 Å². The van der Waals surface area contributed by atoms with Gasteiger partial charge in [0.15, 0.2) is 0 Å². The summed E-state index contributed by atoms with van der Waals surface area (Å²) in [5.41, 5.74) is 1.26. The molecule has 2 aromatic rings. The van der Waals surface area contributed by atoms with Crippen molar-refractivity contribution in [3.63, 3.8) is 0 Å². The summed E-state index contributed by atoms with van der Waals surface area (Å²) < 4.78 is 17.8. The Morgan fingerprint density at radius 1 is 1.07 bits per heavy atom. The Morgan fingerprint density at radius 2 is 1.73 bits per heavy atom. The Bertz CT molecular complexity index is 795. The number of halogens is 1. The highest BCUT2D eigenvalue weighted by Crippen LogP contribution is 2.27. The third-order valence-corrected chi connectivity index (χ3v) is 4.82. The van der Waals surface area contributed by atoms with Crippen LogP contribution in [0.4, 0.5) is 20.6 Å². The summed E-state index contributed by atoms with van der Waals surface area (Å²) in [6.07, 6.45) is 6.13. The molecule has 0 saturated heterocycles. The van der Waals surface area contributed by atoms with E-state index in [4.69, 9.17) is 5.11 Å². The van der Waals surface area contributed by atoms with Crippen molar-refractivity contribution in [1.29, 1.82) is 0 Å². The van der Waals surface area contributed by atoms with Gasteiger partial charge in [-0.15, -0.1) is 0 Å². The number of nitrogens with one attached hydrogen (secondary N) is 1. The lowest BCUT2D eigenvalue weighted by atomic mass is 9.89. The highest BCUT2D eigenvalue weighted by molar-refractivity contribution is 5.99. The fourth-order valence-corrected chi connectivity index (χ4v) is 3.40. The molecule has 1 aliphatic rings. The van der Waals surface area contributed by atoms with Gasteiger partial charge in [0.25, 0.3) is 0 Å². The number of hydrogen-bond acceptors (Lipinski definition) is 3. The molecule has 162 valence electrons. The van der Waals surface area contributed by atoms with Gasteiger partial charge < -0.3 is 15.2 Å². The van der Waals surface area contributed by atoms with Crippen LogP contribution in [0.2, 0.25) is 0 Å². The topological polar surface area (TPSA) is 78.9 Å². The lowest BCUT2D eigenvalue weighted by Gasteiger charge is -2.26. The predicted molar refractivity (Wildman–Crippen MR) is 114 cm³/mol. The number of methoxy groups -OCH3 is 1. The smallest absolute Gasteiger partial charge is 0.329 e. The molecule has 30 heavy (non-hydrogen) atoms. The third kappa shape index (κ3) is 7.83. The Kier molecular flexibility index (Phi) is 9.80. The molecule has 6 nitrogen and oxygen atoms in total. The van der Waals surface area contributed by atoms with Crippen molar-refractivity contribution in [3.8, 4) is 0 Å². The number of carboxylic acids is 1. The van der Waals surface area contributed by atoms with Gasteiger partial charge in [-0.3, -0.25) is 4.90 Å². The highest BCUT2D eigenvalue weighted by Gasteiger charge is 2.20. The molecular formula is C23H29FN2O4. The summed E-state index contributed by atoms with van der Waals surface area (Å²) in [4.78, 5) is 23.8. The van der Waals surface area contributed by atoms with Crippen LogP contribution in [0.15, 0.2) is 54.6 Å². The summed E-state index contributed by atoms with van der Waals surface area (Å²) >= 11 is 0. The van der Waals surface area contributed by atoms with Crippen LogP contribution in [0.25, 0.3) is 0 Å². The average molecular weight is 416 g/mol. The van der Waals surface area contributed by atoms with Gasteiger partial charge in [-0.25, -0.2) is 14.0 Å². The van der Waals surface area contributed by atoms with Crippen molar-refractivity contribution in [3.05, 3.63) is 60.4 Å². The first-order chi connectivity index (χ1) is 14.5. The number of carboxylic acid groups (broad SMARTS) is 1. The zero-order valence-electron chi connectivity index (χ0n) is 17.2. The monoisotopic (exact) mass is 416 g/mol. The van der Waals surface area contributed by atoms with E-state index in [1.165, 1.54) is 56.2 Å². The maximum absolute atomic E-state index is 13.6. The molecule has 2 aromatic carbocycles. The standard InChI is InChI=1S/C20H23FN2O.C3H6O3/c21-17-10-7-13-19(14-17)23(18-11-5-2-6-12-18)20(24)22-15-16-8-3-1-4-9-16;1-6-2-3(4)5/h2,5-7,10-14,16H,1,3-4,8-9,15H2,(H,22,24);2H2,1H3,(H,4,5). The number of carbonyl (C=O) groups excluding carboxylic acids is 1. The van der Waals surface area contributed by atoms with Crippen molar-refractivity contribution in [2.45, 2.75) is 32.1 Å². The number of carbonyl (C=O) groups is 2. The van der Waals surface area contributed by atoms with E-state index in [1.807, 2.05) is 30.3 Å². The fourth-order valence-electron chi connectivity index (χ4n) is 3.40. The van der Waals surface area contributed by atoms with Gasteiger partial charge >= 0.3 is 12.0 Å². The molecule has 1 saturated carbocycles. The van der Waals surface area contributed by atoms with Crippen LogP contribution in [0.5, 0.6) is 0 Å². The number of aliphatic carboxylic acids is 1. The van der Waals surface area contributed by atoms with Crippen LogP contribution in [0.1, 0.15) is 32.1 Å². The normalized spacial score (nSPS) is 13.7. The van der Waals surface area contributed by atoms with E-state index in [0.717, 1.165) is 5.69 Å². The number of urea groups is 1. The number of para-hydroxylation sites is 1. The van der Waals surface area contributed by atoms with Crippen LogP contribution >= 0.6 is 0 Å². The van der Waals surface area contributed by atoms with Crippen molar-refractivity contribution >= 4 is 23.4 Å². The first kappa shape index (κ1) is 23.3. The third-order valence-electron chi connectivity index (χ3n) is 4.82. The molecule has 0 aromatic heterocycles. The van der Waals surface area contributed by atoms with Crippen molar-refractivity contribution in [2.75, 3.05) is 25.2 Å². The van der Waals surface area contributed by atoms with Crippen molar-refractivity contribution < 1.29 is 23.8 Å². The Morgan fingerprint density at radius 3 is 2.30 bits per heavy atom. The van der Waals surface area contributed by atoms with Crippen LogP contribution in [0.3, 0.4) is 0 Å². The lowest BCUT2D eigenvalue weighted by Crippen LogP contribution is -2.39. The number of benzene rings is 2. The summed E-state index contributed by atoms with van der Waals surface area (Å²) in [5.74, 6) is -0.737. The van der Waals surface area contributed by atoms with E-state index in [-0.39, 0.29) is 18.5 Å². The number of ether oxygens (including phenoxy) is 1. The second kappa shape index (κ2) is 12.6. The van der Waals surface area contributed by atoms with E-state index < -0.39 is 5.97 Å². The van der Waals surface area contributed by atoms with E-state index >= 15 is 0 Å². The molecular weight excluding hydrogens is 387 g/mol. The second-order valence-electron chi connectivity index (χ2n) is 7.17. The number of nitrogens with zero attached hydrogens (tertiary/aromatic N) is 1. The Balaban J connectivity index is 0.000000469. The van der Waals surface area contributed by atoms with E-state index in [9.17, 15) is 14.0 Å². The second-order valence-corrected chi connectivity index (χ2v) is 7.17. The summed E-state index contributed by atoms with van der Waals surface area (Å²) in [6.45, 7) is 0.470. The van der Waals surface area contributed by atoms with Crippen molar-refractivity contribution in [1.82, 2.24) is 5.32 Å². The lowest BCUT2D eigenvalue weighted by molar-refractivity contribution is -0.141. The average Bonchev–Trinajstić information content (AvgIpc) is 2.74. The van der Waals surface area contributed by atoms with Gasteiger partial charge in [-0.1, -0.05) is 43.5 Å². The number of rotatable bonds is 6. The molecule has 3 rings (SSSR count). The minimum atomic E-state index is -0.933. The van der Waals surface area contributed by atoms with E-state index in [0.29, 0.717) is 18.2 Å². The predicted octanol–water partition coefficient (Wildman–Crippen LogP) is 4.97. The number of amides is 2. The molecule has 0 atom stereocenters. The zero-order chi connectivity index (χ0) is 21.8. The van der Waals surface area contributed by atoms with Gasteiger partial charge in [0, 0.05) is 13.7 Å². The highest BCUT2D eigenvalue weighted by atomic mass is 19.1. The van der Waals surface area contributed by atoms with Gasteiger partial charge in [0.1, 0.15) is 12.4 Å². The maximum Gasteiger partial charge on any atom is 0.329 e. The molecule has 1 fully saturated rings. The van der Waals surface area contributed by atoms with Crippen LogP contribution in [-0.2, 0) is 9.53 Å². The molecule has 1 aliphatic carbocycles. The molecule has 0 aliphatic heterocycles. The quantitative estimate of drug-likeness (QED) is 0.697. The number of anilines is 2. The molecule has 0 bridgehead atoms. The minimum absolute atomic E-state index is 0.208. The molecule has 7 heteroatoms. The van der Waals surface area contributed by atoms with Crippen LogP contribution in [0, 0.1) is 11.7 Å².